The van der Waals surface area contributed by atoms with E-state index in [1.165, 1.54) is 58.7 Å². The molecule has 0 bridgehead atoms. The number of aromatic nitrogens is 2. The molecule has 0 saturated carbocycles. The van der Waals surface area contributed by atoms with Crippen LogP contribution in [0, 0.1) is 37.3 Å². The van der Waals surface area contributed by atoms with Crippen LogP contribution in [0.25, 0.3) is 53.8 Å². The Morgan fingerprint density at radius 1 is 0.741 bits per heavy atom. The van der Waals surface area contributed by atoms with E-state index < -0.39 is 8.07 Å². The summed E-state index contributed by atoms with van der Waals surface area (Å²) in [6.07, 6.45) is 5.15. The van der Waals surface area contributed by atoms with Gasteiger partial charge in [0.15, 0.2) is 0 Å². The molecule has 1 atom stereocenters. The smallest absolute Gasteiger partial charge is 0.0798 e. The van der Waals surface area contributed by atoms with Gasteiger partial charge in [-0.3, -0.25) is 0 Å². The molecule has 5 heteroatoms. The van der Waals surface area contributed by atoms with Gasteiger partial charge in [0.05, 0.1) is 8.07 Å². The Hall–Kier alpha value is -3.73. The third kappa shape index (κ3) is 9.73. The second-order valence-electron chi connectivity index (χ2n) is 17.3. The summed E-state index contributed by atoms with van der Waals surface area (Å²) < 4.78 is 2.58. The summed E-state index contributed by atoms with van der Waals surface area (Å²) in [6, 6.07) is 39.4. The minimum atomic E-state index is -1.37. The fourth-order valence-corrected chi connectivity index (χ4v) is 9.92. The van der Waals surface area contributed by atoms with Gasteiger partial charge in [0.25, 0.3) is 0 Å². The molecule has 0 N–H and O–H groups in total. The van der Waals surface area contributed by atoms with Crippen LogP contribution >= 0.6 is 11.3 Å². The molecule has 0 aliphatic carbocycles. The zero-order chi connectivity index (χ0) is 38.1. The van der Waals surface area contributed by atoms with E-state index in [4.69, 9.17) is 9.97 Å². The number of hydrogen-bond acceptors (Lipinski definition) is 3. The number of rotatable bonds is 7. The summed E-state index contributed by atoms with van der Waals surface area (Å²) >= 11 is 1.85. The SMILES string of the molecule is CC(C)(C)Cc1cc(-c2[c-]cccc2)ncc1[Si](C)(C)C.Cc1cc(C)cc(-c2ccc3c(c2)sc2c(-c4cc(C(C)C(C)C)ccn4)[c-]ccc23)c1.[Ir]. The van der Waals surface area contributed by atoms with Crippen molar-refractivity contribution >= 4 is 44.8 Å². The number of thiophene rings is 1. The maximum Gasteiger partial charge on any atom is 0.0798 e. The molecule has 0 fully saturated rings. The molecule has 1 radical (unpaired) electrons. The van der Waals surface area contributed by atoms with Crippen molar-refractivity contribution in [2.45, 2.75) is 87.4 Å². The van der Waals surface area contributed by atoms with Crippen LogP contribution in [0.15, 0.2) is 103 Å². The van der Waals surface area contributed by atoms with Crippen molar-refractivity contribution in [2.75, 3.05) is 0 Å². The maximum absolute atomic E-state index is 4.73. The first-order chi connectivity index (χ1) is 25.1. The minimum absolute atomic E-state index is 0. The molecular formula is C49H54IrN2SSi-2. The van der Waals surface area contributed by atoms with Crippen molar-refractivity contribution in [1.82, 2.24) is 9.97 Å². The van der Waals surface area contributed by atoms with Crippen molar-refractivity contribution in [1.29, 1.82) is 0 Å². The quantitative estimate of drug-likeness (QED) is 0.118. The van der Waals surface area contributed by atoms with Crippen LogP contribution in [0.1, 0.15) is 69.7 Å². The fourth-order valence-electron chi connectivity index (χ4n) is 7.09. The monoisotopic (exact) mass is 923 g/mol. The van der Waals surface area contributed by atoms with Crippen LogP contribution in [0.5, 0.6) is 0 Å². The van der Waals surface area contributed by atoms with Crippen LogP contribution in [0.4, 0.5) is 0 Å². The van der Waals surface area contributed by atoms with E-state index in [9.17, 15) is 0 Å². The first-order valence-corrected chi connectivity index (χ1v) is 23.3. The second kappa shape index (κ2) is 17.0. The van der Waals surface area contributed by atoms with Crippen molar-refractivity contribution in [3.05, 3.63) is 138 Å². The number of benzene rings is 4. The molecule has 0 amide bonds. The molecule has 0 aliphatic heterocycles. The average Bonchev–Trinajstić information content (AvgIpc) is 3.48. The van der Waals surface area contributed by atoms with E-state index in [1.807, 2.05) is 41.8 Å². The van der Waals surface area contributed by atoms with Gasteiger partial charge in [0.1, 0.15) is 0 Å². The Morgan fingerprint density at radius 2 is 1.48 bits per heavy atom. The predicted molar refractivity (Wildman–Crippen MR) is 234 cm³/mol. The van der Waals surface area contributed by atoms with Gasteiger partial charge in [-0.1, -0.05) is 131 Å². The third-order valence-electron chi connectivity index (χ3n) is 10.1. The Morgan fingerprint density at radius 3 is 2.13 bits per heavy atom. The van der Waals surface area contributed by atoms with Gasteiger partial charge in [-0.05, 0) is 87.4 Å². The number of fused-ring (bicyclic) bond motifs is 3. The standard InChI is InChI=1S/C30H28NS.C19H26NSi.Ir/c1-18(2)21(5)22-11-12-31-28(16-22)27-8-6-7-26-25-10-9-23(17-29(25)32-30(26)27)24-14-19(3)13-20(4)15-24;1-19(2,3)13-16-12-17(15-10-8-7-9-11-15)20-14-18(16)21(4,5)6;/h6-7,9-18,21H,1-5H3;7-10,12,14H,13H2,1-6H3;/q2*-1;. The Bertz CT molecular complexity index is 2340. The Kier molecular flexibility index (Phi) is 13.0. The van der Waals surface area contributed by atoms with Crippen molar-refractivity contribution in [3.8, 4) is 33.6 Å². The van der Waals surface area contributed by atoms with Crippen molar-refractivity contribution in [2.24, 2.45) is 11.3 Å². The minimum Gasteiger partial charge on any atom is -0.305 e. The largest absolute Gasteiger partial charge is 0.305 e. The molecule has 0 aliphatic rings. The van der Waals surface area contributed by atoms with Crippen LogP contribution in [-0.4, -0.2) is 18.0 Å². The molecule has 3 heterocycles. The van der Waals surface area contributed by atoms with Gasteiger partial charge in [0, 0.05) is 37.2 Å². The molecule has 0 saturated heterocycles. The number of nitrogens with zero attached hydrogens (tertiary/aromatic N) is 2. The fraction of sp³-hybridized carbons (Fsp3) is 0.306. The number of pyridine rings is 2. The topological polar surface area (TPSA) is 25.8 Å². The summed E-state index contributed by atoms with van der Waals surface area (Å²) in [6.45, 7) is 25.3. The molecule has 7 aromatic rings. The van der Waals surface area contributed by atoms with Gasteiger partial charge in [-0.25, -0.2) is 0 Å². The molecule has 7 rings (SSSR count). The first-order valence-electron chi connectivity index (χ1n) is 19.0. The number of hydrogen-bond donors (Lipinski definition) is 0. The number of aryl methyl sites for hydroxylation is 2. The van der Waals surface area contributed by atoms with Crippen LogP contribution in [-0.2, 0) is 26.5 Å². The molecule has 1 unspecified atom stereocenters. The van der Waals surface area contributed by atoms with E-state index in [2.05, 4.69) is 160 Å². The Labute approximate surface area is 342 Å². The molecular weight excluding hydrogens is 869 g/mol. The van der Waals surface area contributed by atoms with Gasteiger partial charge >= 0.3 is 0 Å². The molecule has 4 aromatic carbocycles. The maximum atomic E-state index is 4.73. The van der Waals surface area contributed by atoms with Crippen molar-refractivity contribution < 1.29 is 20.1 Å². The van der Waals surface area contributed by atoms with Gasteiger partial charge < -0.3 is 9.97 Å². The summed E-state index contributed by atoms with van der Waals surface area (Å²) in [7, 11) is -1.37. The summed E-state index contributed by atoms with van der Waals surface area (Å²) in [5.41, 5.74) is 12.5. The van der Waals surface area contributed by atoms with Crippen LogP contribution in [0.2, 0.25) is 19.6 Å². The third-order valence-corrected chi connectivity index (χ3v) is 13.3. The first kappa shape index (κ1) is 41.4. The molecule has 0 spiro atoms. The molecule has 2 nitrogen and oxygen atoms in total. The van der Waals surface area contributed by atoms with Gasteiger partial charge in [0.2, 0.25) is 0 Å². The van der Waals surface area contributed by atoms with Crippen molar-refractivity contribution in [3.63, 3.8) is 0 Å². The van der Waals surface area contributed by atoms with E-state index in [0.717, 1.165) is 28.9 Å². The predicted octanol–water partition coefficient (Wildman–Crippen LogP) is 13.6. The average molecular weight is 923 g/mol. The van der Waals surface area contributed by atoms with E-state index in [0.29, 0.717) is 11.8 Å². The molecule has 3 aromatic heterocycles. The van der Waals surface area contributed by atoms with Gasteiger partial charge in [-0.15, -0.1) is 59.7 Å². The summed E-state index contributed by atoms with van der Waals surface area (Å²) in [4.78, 5) is 9.44. The van der Waals surface area contributed by atoms with E-state index >= 15 is 0 Å². The zero-order valence-electron chi connectivity index (χ0n) is 33.8. The normalized spacial score (nSPS) is 12.4. The summed E-state index contributed by atoms with van der Waals surface area (Å²) in [5.74, 6) is 1.09. The molecule has 54 heavy (non-hydrogen) atoms. The molecule has 281 valence electrons. The van der Waals surface area contributed by atoms with Gasteiger partial charge in [-0.2, -0.15) is 11.3 Å². The van der Waals surface area contributed by atoms with E-state index in [1.54, 1.807) is 0 Å². The summed E-state index contributed by atoms with van der Waals surface area (Å²) in [5, 5.41) is 4.08. The second-order valence-corrected chi connectivity index (χ2v) is 23.4. The Balaban J connectivity index is 0.000000223. The van der Waals surface area contributed by atoms with Crippen LogP contribution < -0.4 is 5.19 Å². The van der Waals surface area contributed by atoms with E-state index in [-0.39, 0.29) is 25.5 Å². The van der Waals surface area contributed by atoms with Crippen LogP contribution in [0.3, 0.4) is 0 Å². The zero-order valence-corrected chi connectivity index (χ0v) is 38.0.